The number of rotatable bonds is 5. The van der Waals surface area contributed by atoms with Gasteiger partial charge in [-0.05, 0) is 37.6 Å². The van der Waals surface area contributed by atoms with E-state index in [1.807, 2.05) is 35.3 Å². The molecule has 2 aromatic carbocycles. The third kappa shape index (κ3) is 4.26. The van der Waals surface area contributed by atoms with Crippen molar-refractivity contribution >= 4 is 40.1 Å². The molecule has 0 bridgehead atoms. The standard InChI is InChI=1S/C24H21ClN4OS/c1-15-7-9-22-20(11-15)24(19-6-4-5-17(12-19)14-26)27-29(22)23-10-8-18(13-21(23)25)16(2)28-31(3)30/h4-8,10-13,22,28H,2,9H2,1,3H3. The number of nitrogens with one attached hydrogen (secondary N) is 1. The van der Waals surface area contributed by atoms with Crippen molar-refractivity contribution < 1.29 is 4.55 Å². The number of hydrogen-bond donors (Lipinski definition) is 1. The van der Waals surface area contributed by atoms with Crippen LogP contribution in [0.1, 0.15) is 30.0 Å². The Kier molecular flexibility index (Phi) is 5.92. The van der Waals surface area contributed by atoms with E-state index in [0.29, 0.717) is 16.3 Å². The summed E-state index contributed by atoms with van der Waals surface area (Å²) >= 11 is 5.45. The molecular formula is C24H21ClN4OS. The number of hydrazone groups is 1. The highest BCUT2D eigenvalue weighted by atomic mass is 35.5. The van der Waals surface area contributed by atoms with Crippen molar-refractivity contribution in [3.63, 3.8) is 0 Å². The highest BCUT2D eigenvalue weighted by Crippen LogP contribution is 2.39. The topological polar surface area (TPSA) is 74.5 Å². The largest absolute Gasteiger partial charge is 0.593 e. The number of nitriles is 1. The average molecular weight is 449 g/mol. The SMILES string of the molecule is C=C(N[S+](C)[O-])c1ccc(N2N=C(c3cccc(C#N)c3)C3=CC(C)=CCC32)c(Cl)c1. The highest BCUT2D eigenvalue weighted by Gasteiger charge is 2.35. The van der Waals surface area contributed by atoms with Gasteiger partial charge in [-0.25, -0.2) is 4.72 Å². The molecule has 0 spiro atoms. The zero-order valence-corrected chi connectivity index (χ0v) is 18.8. The molecule has 5 nitrogen and oxygen atoms in total. The summed E-state index contributed by atoms with van der Waals surface area (Å²) in [5, 5.41) is 16.7. The Bertz CT molecular complexity index is 1190. The minimum atomic E-state index is -1.21. The van der Waals surface area contributed by atoms with Crippen LogP contribution < -0.4 is 9.73 Å². The van der Waals surface area contributed by atoms with Gasteiger partial charge in [-0.3, -0.25) is 5.01 Å². The van der Waals surface area contributed by atoms with Crippen LogP contribution in [0.5, 0.6) is 0 Å². The van der Waals surface area contributed by atoms with E-state index in [-0.39, 0.29) is 6.04 Å². The maximum absolute atomic E-state index is 11.4. The summed E-state index contributed by atoms with van der Waals surface area (Å²) in [4.78, 5) is 0. The zero-order valence-electron chi connectivity index (χ0n) is 17.2. The Morgan fingerprint density at radius 2 is 2.16 bits per heavy atom. The number of hydrogen-bond acceptors (Lipinski definition) is 5. The van der Waals surface area contributed by atoms with Crippen LogP contribution in [0.2, 0.25) is 5.02 Å². The molecule has 1 aliphatic carbocycles. The van der Waals surface area contributed by atoms with E-state index in [9.17, 15) is 9.81 Å². The number of nitrogens with zero attached hydrogens (tertiary/aromatic N) is 3. The Balaban J connectivity index is 1.75. The minimum absolute atomic E-state index is 0.0252. The minimum Gasteiger partial charge on any atom is -0.593 e. The van der Waals surface area contributed by atoms with Crippen molar-refractivity contribution in [3.05, 3.63) is 94.1 Å². The molecule has 0 fully saturated rings. The third-order valence-corrected chi connectivity index (χ3v) is 6.09. The second kappa shape index (κ2) is 8.64. The van der Waals surface area contributed by atoms with E-state index in [2.05, 4.69) is 36.4 Å². The van der Waals surface area contributed by atoms with Crippen molar-refractivity contribution in [1.82, 2.24) is 4.72 Å². The maximum atomic E-state index is 11.4. The zero-order chi connectivity index (χ0) is 22.1. The summed E-state index contributed by atoms with van der Waals surface area (Å²) in [5.41, 5.74) is 6.75. The molecule has 2 atom stereocenters. The summed E-state index contributed by atoms with van der Waals surface area (Å²) in [6.07, 6.45) is 6.70. The predicted octanol–water partition coefficient (Wildman–Crippen LogP) is 4.93. The van der Waals surface area contributed by atoms with Crippen LogP contribution >= 0.6 is 11.6 Å². The Hall–Kier alpha value is -2.98. The number of anilines is 1. The van der Waals surface area contributed by atoms with Gasteiger partial charge in [0.15, 0.2) is 0 Å². The number of benzene rings is 2. The first kappa shape index (κ1) is 21.3. The van der Waals surface area contributed by atoms with Crippen molar-refractivity contribution in [2.24, 2.45) is 5.10 Å². The van der Waals surface area contributed by atoms with Gasteiger partial charge in [0.2, 0.25) is 0 Å². The fourth-order valence-electron chi connectivity index (χ4n) is 3.81. The van der Waals surface area contributed by atoms with Crippen LogP contribution in [0.15, 0.2) is 77.4 Å². The Morgan fingerprint density at radius 3 is 2.87 bits per heavy atom. The molecule has 31 heavy (non-hydrogen) atoms. The molecule has 2 unspecified atom stereocenters. The number of fused-ring (bicyclic) bond motifs is 1. The lowest BCUT2D eigenvalue weighted by atomic mass is 9.89. The molecule has 0 amide bonds. The summed E-state index contributed by atoms with van der Waals surface area (Å²) in [7, 11) is 0. The first-order valence-electron chi connectivity index (χ1n) is 9.73. The van der Waals surface area contributed by atoms with E-state index in [1.54, 1.807) is 18.4 Å². The second-order valence-electron chi connectivity index (χ2n) is 7.49. The van der Waals surface area contributed by atoms with E-state index in [1.165, 1.54) is 5.57 Å². The molecule has 0 saturated carbocycles. The maximum Gasteiger partial charge on any atom is 0.121 e. The Labute approximate surface area is 190 Å². The first-order chi connectivity index (χ1) is 14.9. The van der Waals surface area contributed by atoms with E-state index < -0.39 is 11.4 Å². The number of halogens is 1. The summed E-state index contributed by atoms with van der Waals surface area (Å²) in [5.74, 6) is 0. The van der Waals surface area contributed by atoms with Crippen LogP contribution in [-0.2, 0) is 11.4 Å². The van der Waals surface area contributed by atoms with Crippen LogP contribution in [0.4, 0.5) is 5.69 Å². The normalized spacial score (nSPS) is 18.4. The van der Waals surface area contributed by atoms with Crippen molar-refractivity contribution in [1.29, 1.82) is 5.26 Å². The van der Waals surface area contributed by atoms with E-state index in [4.69, 9.17) is 16.7 Å². The molecule has 7 heteroatoms. The van der Waals surface area contributed by atoms with Gasteiger partial charge >= 0.3 is 0 Å². The quantitative estimate of drug-likeness (QED) is 0.658. The first-order valence-corrected chi connectivity index (χ1v) is 11.7. The molecule has 4 rings (SSSR count). The summed E-state index contributed by atoms with van der Waals surface area (Å²) < 4.78 is 14.2. The lowest BCUT2D eigenvalue weighted by Gasteiger charge is -2.27. The smallest absolute Gasteiger partial charge is 0.121 e. The molecule has 0 saturated heterocycles. The van der Waals surface area contributed by atoms with Crippen molar-refractivity contribution in [3.8, 4) is 6.07 Å². The van der Waals surface area contributed by atoms with Gasteiger partial charge in [0.25, 0.3) is 0 Å². The fourth-order valence-corrected chi connectivity index (χ4v) is 4.54. The summed E-state index contributed by atoms with van der Waals surface area (Å²) in [6, 6.07) is 15.3. The van der Waals surface area contributed by atoms with Gasteiger partial charge in [0, 0.05) is 16.7 Å². The lowest BCUT2D eigenvalue weighted by Crippen LogP contribution is -2.29. The van der Waals surface area contributed by atoms with E-state index in [0.717, 1.165) is 34.5 Å². The molecule has 1 heterocycles. The summed E-state index contributed by atoms with van der Waals surface area (Å²) in [6.45, 7) is 6.00. The Morgan fingerprint density at radius 1 is 1.35 bits per heavy atom. The number of allylic oxidation sites excluding steroid dienone is 2. The molecule has 1 N–H and O–H groups in total. The van der Waals surface area contributed by atoms with E-state index >= 15 is 0 Å². The molecule has 0 aromatic heterocycles. The predicted molar refractivity (Wildman–Crippen MR) is 128 cm³/mol. The molecule has 156 valence electrons. The monoisotopic (exact) mass is 448 g/mol. The lowest BCUT2D eigenvalue weighted by molar-refractivity contribution is 0.596. The molecule has 1 aliphatic heterocycles. The highest BCUT2D eigenvalue weighted by molar-refractivity contribution is 7.89. The average Bonchev–Trinajstić information content (AvgIpc) is 3.11. The van der Waals surface area contributed by atoms with Gasteiger partial charge < -0.3 is 4.55 Å². The molecule has 2 aromatic rings. The fraction of sp³-hybridized carbons (Fsp3) is 0.167. The van der Waals surface area contributed by atoms with Gasteiger partial charge in [-0.1, -0.05) is 54.1 Å². The van der Waals surface area contributed by atoms with Gasteiger partial charge in [-0.2, -0.15) is 10.4 Å². The molecular weight excluding hydrogens is 428 g/mol. The third-order valence-electron chi connectivity index (χ3n) is 5.26. The van der Waals surface area contributed by atoms with Crippen LogP contribution in [-0.4, -0.2) is 22.6 Å². The van der Waals surface area contributed by atoms with Crippen molar-refractivity contribution in [2.45, 2.75) is 19.4 Å². The molecule has 0 radical (unpaired) electrons. The van der Waals surface area contributed by atoms with Gasteiger partial charge in [0.05, 0.1) is 51.2 Å². The van der Waals surface area contributed by atoms with Crippen LogP contribution in [0, 0.1) is 11.3 Å². The van der Waals surface area contributed by atoms with Crippen LogP contribution in [0.3, 0.4) is 0 Å². The molecule has 2 aliphatic rings. The van der Waals surface area contributed by atoms with Gasteiger partial charge in [0.1, 0.15) is 6.26 Å². The van der Waals surface area contributed by atoms with Crippen molar-refractivity contribution in [2.75, 3.05) is 11.3 Å². The van der Waals surface area contributed by atoms with Crippen LogP contribution in [0.25, 0.3) is 5.70 Å². The van der Waals surface area contributed by atoms with Gasteiger partial charge in [-0.15, -0.1) is 0 Å². The second-order valence-corrected chi connectivity index (χ2v) is 9.01.